The fourth-order valence-corrected chi connectivity index (χ4v) is 9.40. The molecular formula is C41H69N3O30. The van der Waals surface area contributed by atoms with Gasteiger partial charge in [0.2, 0.25) is 17.7 Å². The fourth-order valence-electron chi connectivity index (χ4n) is 9.40. The Bertz CT molecular complexity index is 1820. The van der Waals surface area contributed by atoms with Crippen LogP contribution in [0.3, 0.4) is 0 Å². The van der Waals surface area contributed by atoms with Crippen molar-refractivity contribution in [1.29, 1.82) is 0 Å². The third-order valence-electron chi connectivity index (χ3n) is 13.2. The molecule has 0 bridgehead atoms. The van der Waals surface area contributed by atoms with Crippen LogP contribution in [-0.4, -0.2) is 317 Å². The van der Waals surface area contributed by atoms with Gasteiger partial charge in [-0.1, -0.05) is 0 Å². The van der Waals surface area contributed by atoms with Gasteiger partial charge in [-0.2, -0.15) is 0 Å². The van der Waals surface area contributed by atoms with Gasteiger partial charge in [-0.05, 0) is 0 Å². The zero-order chi connectivity index (χ0) is 54.6. The molecule has 0 aromatic heterocycles. The Morgan fingerprint density at radius 3 is 1.28 bits per heavy atom. The summed E-state index contributed by atoms with van der Waals surface area (Å²) < 4.78 is 64.7. The smallest absolute Gasteiger partial charge is 0.217 e. The van der Waals surface area contributed by atoms with Gasteiger partial charge in [0.1, 0.15) is 140 Å². The molecule has 0 spiro atoms. The van der Waals surface area contributed by atoms with Crippen LogP contribution in [0.1, 0.15) is 20.8 Å². The maximum atomic E-state index is 12.7. The Balaban J connectivity index is 1.37. The van der Waals surface area contributed by atoms with Gasteiger partial charge >= 0.3 is 0 Å². The molecule has 0 aromatic carbocycles. The maximum absolute atomic E-state index is 12.7. The van der Waals surface area contributed by atoms with E-state index < -0.39 is 235 Å². The number of hydrogen-bond donors (Lipinski definition) is 19. The van der Waals surface area contributed by atoms with Crippen LogP contribution in [0, 0.1) is 0 Å². The SMILES string of the molecule is CC(=O)N[C@@H]1[C@@H](O)[C@H](O[C@@H]2O[C@H](CO)[C@@H](O[C@@H]3O[C@H](CO)[C@@H](O)[C@H](O[C@H]4O[C@H](CO)[C@@H](O)[C@H](O)[C@@H]4O[C@@H]4O[C@H](CO)[C@@H](O)[C@H](O)[C@H]4NC(C)=O)[C@@H]3O[C@@H]3OC[C@@H](O)[C@H](O)[C@H]3O)[C@H](O)[C@H]2NC(C)=O)[C@@H](CO)O[C@H]1O. The Morgan fingerprint density at radius 2 is 0.757 bits per heavy atom. The van der Waals surface area contributed by atoms with E-state index >= 15 is 0 Å². The largest absolute Gasteiger partial charge is 0.394 e. The van der Waals surface area contributed by atoms with Crippen LogP contribution in [0.4, 0.5) is 0 Å². The van der Waals surface area contributed by atoms with Crippen LogP contribution in [0.25, 0.3) is 0 Å². The first-order valence-corrected chi connectivity index (χ1v) is 23.5. The molecule has 6 rings (SSSR count). The van der Waals surface area contributed by atoms with Crippen LogP contribution in [-0.2, 0) is 66.5 Å². The number of amides is 3. The molecule has 6 saturated heterocycles. The first-order valence-electron chi connectivity index (χ1n) is 23.5. The fraction of sp³-hybridized carbons (Fsp3) is 0.927. The Morgan fingerprint density at radius 1 is 0.378 bits per heavy atom. The molecule has 0 radical (unpaired) electrons. The molecule has 6 aliphatic heterocycles. The van der Waals surface area contributed by atoms with E-state index in [2.05, 4.69) is 16.0 Å². The molecular weight excluding hydrogens is 1010 g/mol. The van der Waals surface area contributed by atoms with Crippen LogP contribution in [0.15, 0.2) is 0 Å². The van der Waals surface area contributed by atoms with E-state index in [1.165, 1.54) is 0 Å². The van der Waals surface area contributed by atoms with Gasteiger partial charge in [0.05, 0.1) is 39.6 Å². The summed E-state index contributed by atoms with van der Waals surface area (Å²) in [5, 5.41) is 180. The lowest BCUT2D eigenvalue weighted by Gasteiger charge is -2.51. The van der Waals surface area contributed by atoms with Crippen LogP contribution < -0.4 is 16.0 Å². The minimum Gasteiger partial charge on any atom is -0.394 e. The Kier molecular flexibility index (Phi) is 21.5. The van der Waals surface area contributed by atoms with Gasteiger partial charge in [0.25, 0.3) is 0 Å². The van der Waals surface area contributed by atoms with E-state index in [9.17, 15) is 96.1 Å². The highest BCUT2D eigenvalue weighted by Crippen LogP contribution is 2.38. The van der Waals surface area contributed by atoms with E-state index in [1.54, 1.807) is 0 Å². The van der Waals surface area contributed by atoms with Gasteiger partial charge in [0, 0.05) is 20.8 Å². The number of aliphatic hydroxyl groups excluding tert-OH is 16. The van der Waals surface area contributed by atoms with E-state index in [-0.39, 0.29) is 0 Å². The lowest BCUT2D eigenvalue weighted by Crippen LogP contribution is -2.71. The van der Waals surface area contributed by atoms with Gasteiger partial charge in [-0.15, -0.1) is 0 Å². The second-order valence-electron chi connectivity index (χ2n) is 18.5. The maximum Gasteiger partial charge on any atom is 0.217 e. The molecule has 0 aromatic rings. The van der Waals surface area contributed by atoms with Crippen LogP contribution >= 0.6 is 0 Å². The third kappa shape index (κ3) is 13.2. The van der Waals surface area contributed by atoms with Crippen molar-refractivity contribution in [3.8, 4) is 0 Å². The number of carbonyl (C=O) groups excluding carboxylic acids is 3. The summed E-state index contributed by atoms with van der Waals surface area (Å²) in [6, 6.07) is -4.98. The lowest BCUT2D eigenvalue weighted by molar-refractivity contribution is -0.408. The van der Waals surface area contributed by atoms with Crippen molar-refractivity contribution in [2.75, 3.05) is 39.6 Å². The Hall–Kier alpha value is -2.67. The van der Waals surface area contributed by atoms with Crippen LogP contribution in [0.5, 0.6) is 0 Å². The first-order chi connectivity index (χ1) is 35.0. The molecule has 6 aliphatic rings. The second-order valence-corrected chi connectivity index (χ2v) is 18.5. The number of ether oxygens (including phenoxy) is 11. The topological polar surface area (TPSA) is 513 Å². The van der Waals surface area contributed by atoms with Crippen molar-refractivity contribution in [3.63, 3.8) is 0 Å². The number of hydrogen-bond acceptors (Lipinski definition) is 30. The quantitative estimate of drug-likeness (QED) is 0.0606. The van der Waals surface area contributed by atoms with Crippen molar-refractivity contribution in [2.24, 2.45) is 0 Å². The zero-order valence-electron chi connectivity index (χ0n) is 39.9. The number of nitrogens with one attached hydrogen (secondary N) is 3. The van der Waals surface area contributed by atoms with Gasteiger partial charge in [-0.3, -0.25) is 14.4 Å². The van der Waals surface area contributed by atoms with Gasteiger partial charge in [-0.25, -0.2) is 0 Å². The lowest BCUT2D eigenvalue weighted by atomic mass is 9.93. The third-order valence-corrected chi connectivity index (χ3v) is 13.2. The summed E-state index contributed by atoms with van der Waals surface area (Å²) in [5.74, 6) is -2.35. The molecule has 19 N–H and O–H groups in total. The molecule has 6 heterocycles. The Labute approximate surface area is 419 Å². The van der Waals surface area contributed by atoms with Crippen molar-refractivity contribution >= 4 is 17.7 Å². The molecule has 33 nitrogen and oxygen atoms in total. The molecule has 6 fully saturated rings. The summed E-state index contributed by atoms with van der Waals surface area (Å²) >= 11 is 0. The zero-order valence-corrected chi connectivity index (χ0v) is 39.9. The van der Waals surface area contributed by atoms with E-state index in [4.69, 9.17) is 52.1 Å². The predicted molar refractivity (Wildman–Crippen MR) is 228 cm³/mol. The van der Waals surface area contributed by atoms with Gasteiger partial charge in [0.15, 0.2) is 37.7 Å². The first kappa shape index (κ1) is 60.6. The highest BCUT2D eigenvalue weighted by atomic mass is 16.8. The standard InChI is InChI=1S/C41H69N3O30/c1-10(50)42-19-27(59)31(17(7-48)65-36(19)63)70-38-21(44-12(3)52)28(60)32(18(8-49)69-38)71-41-35(74-39-30(62)22(54)13(53)9-64-39)33(25(57)16(6-47)68-41)72-40-34(29(61)24(56)15(5-46)67-40)73-37-20(43-11(2)51)26(58)23(55)14(4-45)66-37/h13-41,45-49,53-63H,4-9H2,1-3H3,(H,42,50)(H,43,51)(H,44,52)/t13-,14-,15-,16-,17-,18-,19-,20-,21-,22+,23-,24-,25-,26-,27-,28-,29+,30-,31-,32-,33+,34+,35+,36-,37+,38+,39+,40-,41+/m1/s1. The summed E-state index contributed by atoms with van der Waals surface area (Å²) in [6.07, 6.45) is -50.1. The molecule has 74 heavy (non-hydrogen) atoms. The summed E-state index contributed by atoms with van der Waals surface area (Å²) in [6.45, 7) is -2.58. The molecule has 33 heteroatoms. The molecule has 0 unspecified atom stereocenters. The predicted octanol–water partition coefficient (Wildman–Crippen LogP) is -13.0. The average molecular weight is 1080 g/mol. The van der Waals surface area contributed by atoms with Crippen molar-refractivity contribution in [1.82, 2.24) is 16.0 Å². The molecule has 0 saturated carbocycles. The molecule has 3 amide bonds. The highest BCUT2D eigenvalue weighted by molar-refractivity contribution is 5.74. The number of aliphatic hydroxyl groups is 16. The van der Waals surface area contributed by atoms with Crippen molar-refractivity contribution in [3.05, 3.63) is 0 Å². The summed E-state index contributed by atoms with van der Waals surface area (Å²) in [7, 11) is 0. The molecule has 0 aliphatic carbocycles. The highest BCUT2D eigenvalue weighted by Gasteiger charge is 2.59. The second kappa shape index (κ2) is 26.3. The average Bonchev–Trinajstić information content (AvgIpc) is 3.35. The minimum atomic E-state index is -2.17. The monoisotopic (exact) mass is 1080 g/mol. The molecule has 29 atom stereocenters. The van der Waals surface area contributed by atoms with Gasteiger partial charge < -0.3 is 150 Å². The summed E-state index contributed by atoms with van der Waals surface area (Å²) in [4.78, 5) is 36.8. The van der Waals surface area contributed by atoms with E-state index in [0.29, 0.717) is 0 Å². The summed E-state index contributed by atoms with van der Waals surface area (Å²) in [5.41, 5.74) is 0. The normalized spacial score (nSPS) is 48.1. The van der Waals surface area contributed by atoms with Crippen molar-refractivity contribution in [2.45, 2.75) is 199 Å². The number of carbonyl (C=O) groups is 3. The van der Waals surface area contributed by atoms with Crippen molar-refractivity contribution < 1.29 is 148 Å². The number of rotatable bonds is 18. The minimum absolute atomic E-state index is 0.685. The van der Waals surface area contributed by atoms with E-state index in [0.717, 1.165) is 20.8 Å². The van der Waals surface area contributed by atoms with E-state index in [1.807, 2.05) is 0 Å². The molecule has 428 valence electrons. The van der Waals surface area contributed by atoms with Crippen LogP contribution in [0.2, 0.25) is 0 Å².